The first kappa shape index (κ1) is 23.1. The van der Waals surface area contributed by atoms with E-state index in [0.717, 1.165) is 39.5 Å². The number of nitrogens with one attached hydrogen (secondary N) is 3. The second-order valence-electron chi connectivity index (χ2n) is 7.85. The lowest BCUT2D eigenvalue weighted by molar-refractivity contribution is 0.0949. The van der Waals surface area contributed by atoms with Crippen molar-refractivity contribution in [2.24, 2.45) is 0 Å². The second-order valence-corrected chi connectivity index (χ2v) is 8.91. The summed E-state index contributed by atoms with van der Waals surface area (Å²) in [4.78, 5) is 25.1. The first-order valence-corrected chi connectivity index (χ1v) is 11.4. The number of aryl methyl sites for hydroxylation is 3. The van der Waals surface area contributed by atoms with Crippen LogP contribution >= 0.6 is 11.3 Å². The van der Waals surface area contributed by atoms with Crippen molar-refractivity contribution in [2.75, 3.05) is 5.32 Å². The Labute approximate surface area is 200 Å². The van der Waals surface area contributed by atoms with Crippen LogP contribution in [-0.2, 0) is 13.2 Å². The number of aromatic nitrogens is 4. The third-order valence-corrected chi connectivity index (χ3v) is 5.87. The lowest BCUT2D eigenvalue weighted by Gasteiger charge is -2.07. The third-order valence-electron chi connectivity index (χ3n) is 4.97. The number of carbonyl (C=O) groups is 2. The molecule has 2 amide bonds. The fraction of sp³-hybridized carbons (Fsp3) is 0.208. The highest BCUT2D eigenvalue weighted by Crippen LogP contribution is 2.20. The normalized spacial score (nSPS) is 10.7. The number of H-pyrrole nitrogens is 1. The van der Waals surface area contributed by atoms with Crippen LogP contribution in [-0.4, -0.2) is 32.2 Å². The Kier molecular flexibility index (Phi) is 6.98. The van der Waals surface area contributed by atoms with Gasteiger partial charge >= 0.3 is 0 Å². The third kappa shape index (κ3) is 5.84. The Morgan fingerprint density at radius 1 is 1.03 bits per heavy atom. The Morgan fingerprint density at radius 2 is 1.82 bits per heavy atom. The van der Waals surface area contributed by atoms with Crippen molar-refractivity contribution in [1.82, 2.24) is 25.7 Å². The van der Waals surface area contributed by atoms with Gasteiger partial charge in [0.05, 0.1) is 6.20 Å². The highest BCUT2D eigenvalue weighted by Gasteiger charge is 2.15. The van der Waals surface area contributed by atoms with Gasteiger partial charge in [-0.05, 0) is 62.2 Å². The number of aromatic amines is 1. The van der Waals surface area contributed by atoms with E-state index in [9.17, 15) is 9.59 Å². The molecule has 0 spiro atoms. The van der Waals surface area contributed by atoms with Crippen LogP contribution in [0, 0.1) is 20.8 Å². The van der Waals surface area contributed by atoms with Gasteiger partial charge < -0.3 is 15.4 Å². The number of rotatable bonds is 8. The number of nitrogens with zero attached hydrogens (tertiary/aromatic N) is 3. The van der Waals surface area contributed by atoms with Gasteiger partial charge in [0.25, 0.3) is 11.8 Å². The molecular weight excluding hydrogens is 452 g/mol. The van der Waals surface area contributed by atoms with Gasteiger partial charge in [0.1, 0.15) is 12.4 Å². The lowest BCUT2D eigenvalue weighted by Crippen LogP contribution is -2.23. The number of benzene rings is 2. The maximum absolute atomic E-state index is 12.6. The quantitative estimate of drug-likeness (QED) is 0.354. The predicted octanol–water partition coefficient (Wildman–Crippen LogP) is 3.95. The van der Waals surface area contributed by atoms with Crippen LogP contribution in [0.3, 0.4) is 0 Å². The molecule has 10 heteroatoms. The molecule has 9 nitrogen and oxygen atoms in total. The largest absolute Gasteiger partial charge is 0.486 e. The lowest BCUT2D eigenvalue weighted by atomic mass is 10.1. The van der Waals surface area contributed by atoms with Gasteiger partial charge in [-0.2, -0.15) is 5.10 Å². The maximum Gasteiger partial charge on any atom is 0.286 e. The molecule has 4 rings (SSSR count). The zero-order valence-corrected chi connectivity index (χ0v) is 19.8. The summed E-state index contributed by atoms with van der Waals surface area (Å²) in [7, 11) is 0. The molecule has 0 aliphatic heterocycles. The van der Waals surface area contributed by atoms with Gasteiger partial charge in [0, 0.05) is 29.1 Å². The summed E-state index contributed by atoms with van der Waals surface area (Å²) in [6.07, 6.45) is 1.68. The van der Waals surface area contributed by atoms with Crippen LogP contribution in [0.5, 0.6) is 5.75 Å². The monoisotopic (exact) mass is 476 g/mol. The van der Waals surface area contributed by atoms with E-state index in [4.69, 9.17) is 4.74 Å². The Morgan fingerprint density at radius 3 is 2.56 bits per heavy atom. The molecule has 0 aliphatic carbocycles. The summed E-state index contributed by atoms with van der Waals surface area (Å²) < 4.78 is 5.79. The first-order valence-electron chi connectivity index (χ1n) is 10.6. The molecule has 2 aromatic carbocycles. The molecule has 3 N–H and O–H groups in total. The molecule has 174 valence electrons. The van der Waals surface area contributed by atoms with Crippen molar-refractivity contribution in [2.45, 2.75) is 33.9 Å². The van der Waals surface area contributed by atoms with Gasteiger partial charge in [0.2, 0.25) is 5.01 Å². The topological polar surface area (TPSA) is 122 Å². The molecule has 2 heterocycles. The molecule has 34 heavy (non-hydrogen) atoms. The molecule has 2 aromatic heterocycles. The van der Waals surface area contributed by atoms with Gasteiger partial charge in [-0.15, -0.1) is 10.2 Å². The smallest absolute Gasteiger partial charge is 0.286 e. The van der Waals surface area contributed by atoms with E-state index in [1.807, 2.05) is 32.9 Å². The van der Waals surface area contributed by atoms with Crippen LogP contribution in [0.1, 0.15) is 47.6 Å². The highest BCUT2D eigenvalue weighted by molar-refractivity contribution is 7.13. The first-order chi connectivity index (χ1) is 16.4. The predicted molar refractivity (Wildman–Crippen MR) is 129 cm³/mol. The van der Waals surface area contributed by atoms with E-state index >= 15 is 0 Å². The summed E-state index contributed by atoms with van der Waals surface area (Å²) in [5.74, 6) is 0.0943. The van der Waals surface area contributed by atoms with Crippen LogP contribution in [0.4, 0.5) is 5.69 Å². The molecule has 0 unspecified atom stereocenters. The summed E-state index contributed by atoms with van der Waals surface area (Å²) in [5, 5.41) is 21.2. The Balaban J connectivity index is 1.34. The van der Waals surface area contributed by atoms with Crippen LogP contribution in [0.2, 0.25) is 0 Å². The number of anilines is 1. The van der Waals surface area contributed by atoms with Crippen molar-refractivity contribution in [1.29, 1.82) is 0 Å². The summed E-state index contributed by atoms with van der Waals surface area (Å²) in [6, 6.07) is 12.7. The van der Waals surface area contributed by atoms with Gasteiger partial charge in [-0.1, -0.05) is 23.5 Å². The summed E-state index contributed by atoms with van der Waals surface area (Å²) in [6.45, 7) is 6.48. The molecule has 0 saturated heterocycles. The minimum absolute atomic E-state index is 0.212. The Hall–Kier alpha value is -4.05. The average Bonchev–Trinajstić information content (AvgIpc) is 3.44. The van der Waals surface area contributed by atoms with Gasteiger partial charge in [-0.25, -0.2) is 0 Å². The molecule has 0 saturated carbocycles. The molecule has 4 aromatic rings. The molecule has 0 fully saturated rings. The van der Waals surface area contributed by atoms with E-state index in [0.29, 0.717) is 22.8 Å². The number of hydrogen-bond donors (Lipinski definition) is 3. The van der Waals surface area contributed by atoms with Crippen LogP contribution < -0.4 is 15.4 Å². The van der Waals surface area contributed by atoms with E-state index in [1.54, 1.807) is 30.5 Å². The zero-order chi connectivity index (χ0) is 24.1. The number of ether oxygens (including phenoxy) is 1. The second kappa shape index (κ2) is 10.3. The number of amides is 2. The molecule has 0 radical (unpaired) electrons. The van der Waals surface area contributed by atoms with Crippen molar-refractivity contribution < 1.29 is 14.3 Å². The zero-order valence-electron chi connectivity index (χ0n) is 19.0. The summed E-state index contributed by atoms with van der Waals surface area (Å²) >= 11 is 1.16. The molecule has 0 atom stereocenters. The standard InChI is InChI=1S/C24H24N6O3S/c1-14-7-15(2)9-20(8-14)33-13-21-29-30-24(34-21)23(32)27-19-6-4-5-17(10-19)22(31)25-11-18-12-26-28-16(18)3/h4-10,12H,11,13H2,1-3H3,(H,25,31)(H,26,28)(H,27,32). The van der Waals surface area contributed by atoms with Crippen LogP contribution in [0.25, 0.3) is 0 Å². The van der Waals surface area contributed by atoms with Crippen molar-refractivity contribution >= 4 is 28.8 Å². The molecule has 0 aliphatic rings. The van der Waals surface area contributed by atoms with Crippen molar-refractivity contribution in [3.8, 4) is 5.75 Å². The van der Waals surface area contributed by atoms with E-state index in [1.165, 1.54) is 0 Å². The number of carbonyl (C=O) groups excluding carboxylic acids is 2. The number of hydrogen-bond acceptors (Lipinski definition) is 7. The molecular formula is C24H24N6O3S. The van der Waals surface area contributed by atoms with E-state index < -0.39 is 5.91 Å². The van der Waals surface area contributed by atoms with Gasteiger partial charge in [-0.3, -0.25) is 14.7 Å². The van der Waals surface area contributed by atoms with Crippen molar-refractivity contribution in [3.05, 3.63) is 86.6 Å². The Bertz CT molecular complexity index is 1310. The van der Waals surface area contributed by atoms with Crippen molar-refractivity contribution in [3.63, 3.8) is 0 Å². The molecule has 0 bridgehead atoms. The maximum atomic E-state index is 12.6. The fourth-order valence-electron chi connectivity index (χ4n) is 3.32. The SMILES string of the molecule is Cc1cc(C)cc(OCc2nnc(C(=O)Nc3cccc(C(=O)NCc4cn[nH]c4C)c3)s2)c1. The van der Waals surface area contributed by atoms with E-state index in [-0.39, 0.29) is 17.5 Å². The average molecular weight is 477 g/mol. The minimum Gasteiger partial charge on any atom is -0.486 e. The summed E-state index contributed by atoms with van der Waals surface area (Å²) in [5.41, 5.74) is 4.95. The van der Waals surface area contributed by atoms with Crippen LogP contribution in [0.15, 0.2) is 48.7 Å². The van der Waals surface area contributed by atoms with E-state index in [2.05, 4.69) is 37.1 Å². The fourth-order valence-corrected chi connectivity index (χ4v) is 3.97. The highest BCUT2D eigenvalue weighted by atomic mass is 32.1. The minimum atomic E-state index is -0.401. The van der Waals surface area contributed by atoms with Gasteiger partial charge in [0.15, 0.2) is 5.01 Å².